The van der Waals surface area contributed by atoms with Crippen LogP contribution < -0.4 is 0 Å². The Hall–Kier alpha value is -1.91. The molecule has 0 fully saturated rings. The van der Waals surface area contributed by atoms with E-state index in [9.17, 15) is 9.90 Å². The van der Waals surface area contributed by atoms with Crippen LogP contribution in [0.3, 0.4) is 0 Å². The van der Waals surface area contributed by atoms with E-state index in [-0.39, 0.29) is 19.2 Å². The van der Waals surface area contributed by atoms with Gasteiger partial charge in [-0.05, 0) is 83.5 Å². The predicted octanol–water partition coefficient (Wildman–Crippen LogP) is 13.7. The maximum atomic E-state index is 12.2. The second kappa shape index (κ2) is 42.3. The van der Waals surface area contributed by atoms with Crippen LogP contribution in [-0.4, -0.2) is 37.0 Å². The Labute approximate surface area is 305 Å². The number of carbonyl (C=O) groups excluding carboxylic acids is 1. The molecule has 1 N–H and O–H groups in total. The first-order chi connectivity index (χ1) is 24.2. The first kappa shape index (κ1) is 47.1. The van der Waals surface area contributed by atoms with E-state index in [0.29, 0.717) is 13.0 Å². The Morgan fingerprint density at radius 2 is 0.857 bits per heavy atom. The summed E-state index contributed by atoms with van der Waals surface area (Å²) in [5.74, 6) is -0.217. The van der Waals surface area contributed by atoms with Gasteiger partial charge in [-0.15, -0.1) is 0 Å². The molecule has 0 amide bonds. The van der Waals surface area contributed by atoms with Gasteiger partial charge in [-0.2, -0.15) is 0 Å². The average Bonchev–Trinajstić information content (AvgIpc) is 3.11. The predicted molar refractivity (Wildman–Crippen MR) is 214 cm³/mol. The summed E-state index contributed by atoms with van der Waals surface area (Å²) in [6.45, 7) is 5.27. The molecule has 4 heteroatoms. The molecule has 0 heterocycles. The fourth-order valence-electron chi connectivity index (χ4n) is 5.66. The number of allylic oxidation sites excluding steroid dienone is 10. The van der Waals surface area contributed by atoms with Crippen LogP contribution in [0.4, 0.5) is 0 Å². The lowest BCUT2D eigenvalue weighted by Crippen LogP contribution is -2.27. The Balaban J connectivity index is 3.49. The molecule has 0 aromatic carbocycles. The van der Waals surface area contributed by atoms with E-state index >= 15 is 0 Å². The number of esters is 1. The lowest BCUT2D eigenvalue weighted by Gasteiger charge is -2.15. The van der Waals surface area contributed by atoms with Gasteiger partial charge in [0.25, 0.3) is 0 Å². The van der Waals surface area contributed by atoms with Crippen LogP contribution in [0.25, 0.3) is 0 Å². The first-order valence-electron chi connectivity index (χ1n) is 20.9. The van der Waals surface area contributed by atoms with Crippen molar-refractivity contribution < 1.29 is 19.4 Å². The number of ether oxygens (including phenoxy) is 2. The van der Waals surface area contributed by atoms with Crippen molar-refractivity contribution in [2.75, 3.05) is 19.8 Å². The maximum Gasteiger partial charge on any atom is 0.306 e. The normalized spacial score (nSPS) is 13.0. The summed E-state index contributed by atoms with van der Waals surface area (Å²) in [5.41, 5.74) is 0. The van der Waals surface area contributed by atoms with Crippen molar-refractivity contribution in [3.05, 3.63) is 60.8 Å². The topological polar surface area (TPSA) is 55.8 Å². The third-order valence-corrected chi connectivity index (χ3v) is 8.82. The van der Waals surface area contributed by atoms with Crippen LogP contribution in [0.15, 0.2) is 60.8 Å². The lowest BCUT2D eigenvalue weighted by atomic mass is 10.1. The summed E-state index contributed by atoms with van der Waals surface area (Å²) >= 11 is 0. The highest BCUT2D eigenvalue weighted by Gasteiger charge is 2.13. The second-order valence-corrected chi connectivity index (χ2v) is 13.7. The van der Waals surface area contributed by atoms with Crippen molar-refractivity contribution in [2.45, 2.75) is 200 Å². The zero-order chi connectivity index (χ0) is 35.6. The van der Waals surface area contributed by atoms with Crippen LogP contribution >= 0.6 is 0 Å². The highest BCUT2D eigenvalue weighted by atomic mass is 16.6. The molecule has 0 aliphatic heterocycles. The molecule has 0 aromatic rings. The van der Waals surface area contributed by atoms with Gasteiger partial charge in [-0.1, -0.05) is 164 Å². The second-order valence-electron chi connectivity index (χ2n) is 13.7. The number of carbonyl (C=O) groups is 1. The van der Waals surface area contributed by atoms with Gasteiger partial charge in [0.2, 0.25) is 0 Å². The minimum atomic E-state index is -0.546. The third kappa shape index (κ3) is 40.4. The quantitative estimate of drug-likeness (QED) is 0.0399. The summed E-state index contributed by atoms with van der Waals surface area (Å²) in [4.78, 5) is 12.2. The highest BCUT2D eigenvalue weighted by molar-refractivity contribution is 5.69. The summed E-state index contributed by atoms with van der Waals surface area (Å²) in [5, 5.41) is 9.59. The minimum Gasteiger partial charge on any atom is -0.457 e. The monoisotopic (exact) mass is 685 g/mol. The average molecular weight is 685 g/mol. The smallest absolute Gasteiger partial charge is 0.306 e. The molecule has 284 valence electrons. The van der Waals surface area contributed by atoms with Gasteiger partial charge in [0.15, 0.2) is 0 Å². The summed E-state index contributed by atoms with van der Waals surface area (Å²) in [6, 6.07) is 0. The van der Waals surface area contributed by atoms with Gasteiger partial charge in [0.1, 0.15) is 6.10 Å². The third-order valence-electron chi connectivity index (χ3n) is 8.82. The van der Waals surface area contributed by atoms with Crippen molar-refractivity contribution in [3.63, 3.8) is 0 Å². The van der Waals surface area contributed by atoms with Gasteiger partial charge < -0.3 is 14.6 Å². The molecule has 0 radical (unpaired) electrons. The van der Waals surface area contributed by atoms with E-state index in [2.05, 4.69) is 74.6 Å². The van der Waals surface area contributed by atoms with E-state index in [0.717, 1.165) is 51.4 Å². The molecule has 1 unspecified atom stereocenters. The summed E-state index contributed by atoms with van der Waals surface area (Å²) < 4.78 is 11.1. The zero-order valence-corrected chi connectivity index (χ0v) is 32.4. The zero-order valence-electron chi connectivity index (χ0n) is 32.4. The van der Waals surface area contributed by atoms with Gasteiger partial charge in [-0.25, -0.2) is 0 Å². The molecule has 49 heavy (non-hydrogen) atoms. The Morgan fingerprint density at radius 3 is 1.29 bits per heavy atom. The molecule has 4 nitrogen and oxygen atoms in total. The molecule has 0 aromatic heterocycles. The van der Waals surface area contributed by atoms with Crippen molar-refractivity contribution in [2.24, 2.45) is 0 Å². The number of rotatable bonds is 38. The maximum absolute atomic E-state index is 12.2. The van der Waals surface area contributed by atoms with E-state index in [1.165, 1.54) is 122 Å². The largest absolute Gasteiger partial charge is 0.457 e. The molecule has 0 aliphatic carbocycles. The van der Waals surface area contributed by atoms with Crippen LogP contribution in [0, 0.1) is 0 Å². The fourth-order valence-corrected chi connectivity index (χ4v) is 5.66. The standard InChI is InChI=1S/C45H80O4/c1-3-5-7-9-11-13-15-17-19-21-23-24-26-28-30-32-34-36-38-40-45(47)49-44(42-46)43-48-41-39-37-35-33-31-29-27-25-22-20-18-16-14-12-10-8-6-4-2/h11-14,17-20,23-24,44,46H,3-10,15-16,21-22,25-43H2,1-2H3/b13-11-,14-12-,19-17-,20-18-,24-23-. The van der Waals surface area contributed by atoms with Crippen LogP contribution in [0.2, 0.25) is 0 Å². The molecular formula is C45H80O4. The molecule has 0 spiro atoms. The van der Waals surface area contributed by atoms with E-state index < -0.39 is 6.10 Å². The number of hydrogen-bond donors (Lipinski definition) is 1. The molecule has 0 bridgehead atoms. The van der Waals surface area contributed by atoms with Gasteiger partial charge in [0, 0.05) is 13.0 Å². The SMILES string of the molecule is CCCCC/C=C\C/C=C\C/C=C\CCCCCCCCC(=O)OC(CO)COCCCCCCCCCC/C=C\C/C=C\CCCCC. The van der Waals surface area contributed by atoms with Crippen molar-refractivity contribution in [1.29, 1.82) is 0 Å². The van der Waals surface area contributed by atoms with Crippen molar-refractivity contribution in [3.8, 4) is 0 Å². The number of unbranched alkanes of at least 4 members (excludes halogenated alkanes) is 20. The van der Waals surface area contributed by atoms with Gasteiger partial charge in [0.05, 0.1) is 13.2 Å². The number of hydrogen-bond acceptors (Lipinski definition) is 4. The van der Waals surface area contributed by atoms with Gasteiger partial charge >= 0.3 is 5.97 Å². The van der Waals surface area contributed by atoms with Crippen LogP contribution in [0.5, 0.6) is 0 Å². The molecule has 0 saturated carbocycles. The fraction of sp³-hybridized carbons (Fsp3) is 0.756. The highest BCUT2D eigenvalue weighted by Crippen LogP contribution is 2.12. The number of aliphatic hydroxyl groups excluding tert-OH is 1. The molecule has 0 saturated heterocycles. The van der Waals surface area contributed by atoms with Gasteiger partial charge in [-0.3, -0.25) is 4.79 Å². The number of aliphatic hydroxyl groups is 1. The lowest BCUT2D eigenvalue weighted by molar-refractivity contribution is -0.154. The van der Waals surface area contributed by atoms with E-state index in [4.69, 9.17) is 9.47 Å². The Kier molecular flexibility index (Phi) is 40.6. The van der Waals surface area contributed by atoms with Crippen molar-refractivity contribution >= 4 is 5.97 Å². The molecule has 1 atom stereocenters. The molecule has 0 aliphatic rings. The minimum absolute atomic E-state index is 0.182. The Bertz CT molecular complexity index is 809. The van der Waals surface area contributed by atoms with Crippen molar-refractivity contribution in [1.82, 2.24) is 0 Å². The first-order valence-corrected chi connectivity index (χ1v) is 20.9. The Morgan fingerprint density at radius 1 is 0.490 bits per heavy atom. The summed E-state index contributed by atoms with van der Waals surface area (Å²) in [6.07, 6.45) is 55.5. The molecule has 0 rings (SSSR count). The summed E-state index contributed by atoms with van der Waals surface area (Å²) in [7, 11) is 0. The van der Waals surface area contributed by atoms with Crippen LogP contribution in [0.1, 0.15) is 194 Å². The molecular weight excluding hydrogens is 604 g/mol. The van der Waals surface area contributed by atoms with E-state index in [1.807, 2.05) is 0 Å². The van der Waals surface area contributed by atoms with E-state index in [1.54, 1.807) is 0 Å². The van der Waals surface area contributed by atoms with Crippen LogP contribution in [-0.2, 0) is 14.3 Å².